The lowest BCUT2D eigenvalue weighted by Gasteiger charge is -2.08. The highest BCUT2D eigenvalue weighted by molar-refractivity contribution is 6.33. The maximum Gasteiger partial charge on any atom is 0.332 e. The van der Waals surface area contributed by atoms with Crippen molar-refractivity contribution < 1.29 is 0 Å². The number of aryl methyl sites for hydroxylation is 1. The number of halogens is 1. The molecule has 3 aromatic rings. The molecular formula is C18H19ClN6O2. The molecule has 3 rings (SSSR count). The second-order valence-electron chi connectivity index (χ2n) is 6.25. The van der Waals surface area contributed by atoms with Crippen molar-refractivity contribution in [2.24, 2.45) is 19.2 Å². The molecule has 0 aliphatic rings. The number of rotatable bonds is 5. The number of imidazole rings is 1. The highest BCUT2D eigenvalue weighted by Gasteiger charge is 2.18. The van der Waals surface area contributed by atoms with E-state index >= 15 is 0 Å². The number of hydrazone groups is 1. The Balaban J connectivity index is 2.12. The first-order valence-corrected chi connectivity index (χ1v) is 8.53. The zero-order valence-electron chi connectivity index (χ0n) is 15.2. The predicted molar refractivity (Wildman–Crippen MR) is 108 cm³/mol. The van der Waals surface area contributed by atoms with E-state index in [0.29, 0.717) is 23.0 Å². The SMILES string of the molecule is C=C(C)Cn1c(N/N=C/c2ccccc2Cl)nc2c1c(=O)n(C)c(=O)n2C. The molecule has 0 spiro atoms. The molecule has 8 nitrogen and oxygen atoms in total. The van der Waals surface area contributed by atoms with E-state index < -0.39 is 11.2 Å². The number of benzene rings is 1. The third kappa shape index (κ3) is 3.43. The van der Waals surface area contributed by atoms with Crippen LogP contribution in [-0.2, 0) is 20.6 Å². The molecule has 27 heavy (non-hydrogen) atoms. The summed E-state index contributed by atoms with van der Waals surface area (Å²) < 4.78 is 4.04. The number of hydrogen-bond donors (Lipinski definition) is 1. The summed E-state index contributed by atoms with van der Waals surface area (Å²) in [5.41, 5.74) is 4.10. The van der Waals surface area contributed by atoms with E-state index in [9.17, 15) is 9.59 Å². The topological polar surface area (TPSA) is 86.2 Å². The number of nitrogens with one attached hydrogen (secondary N) is 1. The van der Waals surface area contributed by atoms with E-state index in [1.807, 2.05) is 25.1 Å². The van der Waals surface area contributed by atoms with Gasteiger partial charge in [0.1, 0.15) is 0 Å². The lowest BCUT2D eigenvalue weighted by Crippen LogP contribution is -2.37. The van der Waals surface area contributed by atoms with Crippen LogP contribution in [0.25, 0.3) is 11.2 Å². The average molecular weight is 387 g/mol. The summed E-state index contributed by atoms with van der Waals surface area (Å²) in [7, 11) is 3.00. The Morgan fingerprint density at radius 3 is 2.67 bits per heavy atom. The summed E-state index contributed by atoms with van der Waals surface area (Å²) in [6.45, 7) is 6.10. The Morgan fingerprint density at radius 1 is 1.30 bits per heavy atom. The van der Waals surface area contributed by atoms with Crippen molar-refractivity contribution in [2.75, 3.05) is 5.43 Å². The molecule has 0 aliphatic carbocycles. The van der Waals surface area contributed by atoms with Gasteiger partial charge in [0.15, 0.2) is 11.2 Å². The van der Waals surface area contributed by atoms with Crippen LogP contribution < -0.4 is 16.7 Å². The van der Waals surface area contributed by atoms with Gasteiger partial charge in [-0.3, -0.25) is 18.5 Å². The number of anilines is 1. The number of nitrogens with zero attached hydrogens (tertiary/aromatic N) is 5. The maximum atomic E-state index is 12.6. The van der Waals surface area contributed by atoms with E-state index in [0.717, 1.165) is 15.7 Å². The smallest absolute Gasteiger partial charge is 0.299 e. The largest absolute Gasteiger partial charge is 0.332 e. The highest BCUT2D eigenvalue weighted by atomic mass is 35.5. The third-order valence-electron chi connectivity index (χ3n) is 4.05. The van der Waals surface area contributed by atoms with Gasteiger partial charge in [-0.05, 0) is 13.0 Å². The molecule has 0 unspecified atom stereocenters. The lowest BCUT2D eigenvalue weighted by atomic mass is 10.2. The van der Waals surface area contributed by atoms with Gasteiger partial charge >= 0.3 is 5.69 Å². The highest BCUT2D eigenvalue weighted by Crippen LogP contribution is 2.17. The van der Waals surface area contributed by atoms with Crippen LogP contribution in [0.15, 0.2) is 51.1 Å². The molecule has 0 saturated carbocycles. The van der Waals surface area contributed by atoms with Gasteiger partial charge in [-0.25, -0.2) is 10.2 Å². The summed E-state index contributed by atoms with van der Waals surface area (Å²) in [5, 5.41) is 4.74. The van der Waals surface area contributed by atoms with Gasteiger partial charge in [0.05, 0.1) is 6.21 Å². The summed E-state index contributed by atoms with van der Waals surface area (Å²) in [5.74, 6) is 0.328. The normalized spacial score (nSPS) is 11.4. The summed E-state index contributed by atoms with van der Waals surface area (Å²) >= 11 is 6.11. The molecule has 0 atom stereocenters. The van der Waals surface area contributed by atoms with Gasteiger partial charge in [-0.1, -0.05) is 42.0 Å². The van der Waals surface area contributed by atoms with E-state index in [1.165, 1.54) is 11.6 Å². The Bertz CT molecular complexity index is 1190. The van der Waals surface area contributed by atoms with Crippen molar-refractivity contribution in [1.29, 1.82) is 0 Å². The van der Waals surface area contributed by atoms with Gasteiger partial charge in [0.25, 0.3) is 5.56 Å². The molecule has 2 aromatic heterocycles. The number of hydrogen-bond acceptors (Lipinski definition) is 5. The van der Waals surface area contributed by atoms with Gasteiger partial charge < -0.3 is 0 Å². The zero-order chi connectivity index (χ0) is 19.7. The second kappa shape index (κ2) is 7.24. The zero-order valence-corrected chi connectivity index (χ0v) is 16.0. The fourth-order valence-electron chi connectivity index (χ4n) is 2.70. The quantitative estimate of drug-likeness (QED) is 0.413. The minimum absolute atomic E-state index is 0.278. The van der Waals surface area contributed by atoms with Crippen LogP contribution in [0.5, 0.6) is 0 Å². The Labute approximate surface area is 160 Å². The fourth-order valence-corrected chi connectivity index (χ4v) is 2.88. The fraction of sp³-hybridized carbons (Fsp3) is 0.222. The van der Waals surface area contributed by atoms with Crippen LogP contribution in [0.2, 0.25) is 5.02 Å². The molecular weight excluding hydrogens is 368 g/mol. The van der Waals surface area contributed by atoms with Crippen LogP contribution in [0.3, 0.4) is 0 Å². The monoisotopic (exact) mass is 386 g/mol. The van der Waals surface area contributed by atoms with Crippen molar-refractivity contribution >= 4 is 34.9 Å². The number of aromatic nitrogens is 4. The van der Waals surface area contributed by atoms with Crippen LogP contribution in [0.4, 0.5) is 5.95 Å². The third-order valence-corrected chi connectivity index (χ3v) is 4.39. The average Bonchev–Trinajstić information content (AvgIpc) is 2.97. The predicted octanol–water partition coefficient (Wildman–Crippen LogP) is 2.11. The molecule has 0 saturated heterocycles. The van der Waals surface area contributed by atoms with Crippen LogP contribution in [0, 0.1) is 0 Å². The van der Waals surface area contributed by atoms with E-state index in [4.69, 9.17) is 11.6 Å². The summed E-state index contributed by atoms with van der Waals surface area (Å²) in [6, 6.07) is 7.27. The van der Waals surface area contributed by atoms with E-state index in [2.05, 4.69) is 22.1 Å². The molecule has 9 heteroatoms. The standard InChI is InChI=1S/C18H19ClN6O2/c1-11(2)10-25-14-15(23(3)18(27)24(4)16(14)26)21-17(25)22-20-9-12-7-5-6-8-13(12)19/h5-9H,1,10H2,2-4H3,(H,21,22)/b20-9+. The first kappa shape index (κ1) is 18.7. The molecule has 0 fully saturated rings. The summed E-state index contributed by atoms with van der Waals surface area (Å²) in [4.78, 5) is 29.2. The molecule has 1 aromatic carbocycles. The molecule has 0 radical (unpaired) electrons. The minimum Gasteiger partial charge on any atom is -0.299 e. The molecule has 0 aliphatic heterocycles. The van der Waals surface area contributed by atoms with Crippen molar-refractivity contribution in [3.05, 3.63) is 67.8 Å². The second-order valence-corrected chi connectivity index (χ2v) is 6.66. The Hall–Kier alpha value is -3.13. The van der Waals surface area contributed by atoms with Crippen LogP contribution in [0.1, 0.15) is 12.5 Å². The number of allylic oxidation sites excluding steroid dienone is 1. The van der Waals surface area contributed by atoms with Gasteiger partial charge in [-0.15, -0.1) is 0 Å². The van der Waals surface area contributed by atoms with Crippen molar-refractivity contribution in [3.63, 3.8) is 0 Å². The van der Waals surface area contributed by atoms with Crippen LogP contribution >= 0.6 is 11.6 Å². The molecule has 140 valence electrons. The summed E-state index contributed by atoms with van der Waals surface area (Å²) in [6.07, 6.45) is 1.56. The van der Waals surface area contributed by atoms with Crippen molar-refractivity contribution in [3.8, 4) is 0 Å². The van der Waals surface area contributed by atoms with Crippen LogP contribution in [-0.4, -0.2) is 24.9 Å². The van der Waals surface area contributed by atoms with Gasteiger partial charge in [-0.2, -0.15) is 10.1 Å². The molecule has 2 heterocycles. The number of fused-ring (bicyclic) bond motifs is 1. The van der Waals surface area contributed by atoms with Gasteiger partial charge in [0, 0.05) is 31.2 Å². The molecule has 0 amide bonds. The Kier molecular flexibility index (Phi) is 5.00. The van der Waals surface area contributed by atoms with Crippen molar-refractivity contribution in [2.45, 2.75) is 13.5 Å². The lowest BCUT2D eigenvalue weighted by molar-refractivity contribution is 0.702. The molecule has 0 bridgehead atoms. The Morgan fingerprint density at radius 2 is 2.00 bits per heavy atom. The maximum absolute atomic E-state index is 12.6. The first-order valence-electron chi connectivity index (χ1n) is 8.15. The first-order chi connectivity index (χ1) is 12.8. The van der Waals surface area contributed by atoms with E-state index in [1.54, 1.807) is 23.9 Å². The molecule has 1 N–H and O–H groups in total. The van der Waals surface area contributed by atoms with Crippen molar-refractivity contribution in [1.82, 2.24) is 18.7 Å². The van der Waals surface area contributed by atoms with Gasteiger partial charge in [0.2, 0.25) is 5.95 Å². The van der Waals surface area contributed by atoms with E-state index in [-0.39, 0.29) is 5.65 Å². The minimum atomic E-state index is -0.446.